The summed E-state index contributed by atoms with van der Waals surface area (Å²) < 4.78 is 17.5. The molecule has 10 nitrogen and oxygen atoms in total. The highest BCUT2D eigenvalue weighted by Crippen LogP contribution is 2.27. The lowest BCUT2D eigenvalue weighted by Gasteiger charge is -2.17. The van der Waals surface area contributed by atoms with E-state index in [-0.39, 0.29) is 28.7 Å². The summed E-state index contributed by atoms with van der Waals surface area (Å²) in [5.74, 6) is -0.233. The molecule has 0 aliphatic rings. The van der Waals surface area contributed by atoms with Crippen LogP contribution >= 0.6 is 11.8 Å². The molecule has 37 heavy (non-hydrogen) atoms. The zero-order valence-electron chi connectivity index (χ0n) is 21.7. The second-order valence-corrected chi connectivity index (χ2v) is 9.14. The van der Waals surface area contributed by atoms with Crippen LogP contribution in [0.4, 0.5) is 5.69 Å². The Kier molecular flexibility index (Phi) is 9.29. The Balaban J connectivity index is 1.72. The van der Waals surface area contributed by atoms with Crippen LogP contribution in [-0.4, -0.2) is 52.6 Å². The summed E-state index contributed by atoms with van der Waals surface area (Å²) in [6.07, 6.45) is -0.360. The maximum atomic E-state index is 12.8. The number of hydrogen-bond acceptors (Lipinski definition) is 9. The summed E-state index contributed by atoms with van der Waals surface area (Å²) in [5, 5.41) is 11.8. The van der Waals surface area contributed by atoms with Gasteiger partial charge in [-0.3, -0.25) is 4.79 Å². The third kappa shape index (κ3) is 6.67. The molecule has 1 aromatic heterocycles. The van der Waals surface area contributed by atoms with E-state index in [1.165, 1.54) is 44.2 Å². The summed E-state index contributed by atoms with van der Waals surface area (Å²) in [5.41, 5.74) is 2.63. The van der Waals surface area contributed by atoms with E-state index in [1.807, 2.05) is 44.4 Å². The van der Waals surface area contributed by atoms with E-state index >= 15 is 0 Å². The van der Waals surface area contributed by atoms with Crippen molar-refractivity contribution in [3.8, 4) is 5.75 Å². The summed E-state index contributed by atoms with van der Waals surface area (Å²) in [7, 11) is 2.48. The van der Waals surface area contributed by atoms with Gasteiger partial charge >= 0.3 is 11.9 Å². The van der Waals surface area contributed by atoms with E-state index in [0.29, 0.717) is 17.5 Å². The summed E-state index contributed by atoms with van der Waals surface area (Å²) in [6.45, 7) is 8.47. The van der Waals surface area contributed by atoms with Crippen molar-refractivity contribution < 1.29 is 28.6 Å². The van der Waals surface area contributed by atoms with Gasteiger partial charge in [-0.15, -0.1) is 10.2 Å². The van der Waals surface area contributed by atoms with E-state index in [9.17, 15) is 14.4 Å². The highest BCUT2D eigenvalue weighted by Gasteiger charge is 2.21. The molecule has 1 N–H and O–H groups in total. The summed E-state index contributed by atoms with van der Waals surface area (Å²) >= 11 is 1.20. The Morgan fingerprint density at radius 1 is 1.03 bits per heavy atom. The molecule has 0 saturated carbocycles. The van der Waals surface area contributed by atoms with Crippen molar-refractivity contribution in [2.45, 2.75) is 45.5 Å². The predicted octanol–water partition coefficient (Wildman–Crippen LogP) is 4.36. The van der Waals surface area contributed by atoms with Crippen molar-refractivity contribution in [3.05, 3.63) is 64.5 Å². The van der Waals surface area contributed by atoms with Crippen LogP contribution in [0.3, 0.4) is 0 Å². The monoisotopic (exact) mass is 526 g/mol. The highest BCUT2D eigenvalue weighted by molar-refractivity contribution is 7.99. The van der Waals surface area contributed by atoms with Crippen LogP contribution < -0.4 is 10.1 Å². The van der Waals surface area contributed by atoms with Crippen molar-refractivity contribution in [2.24, 2.45) is 0 Å². The van der Waals surface area contributed by atoms with E-state index in [2.05, 4.69) is 21.6 Å². The minimum absolute atomic E-state index is 0.00644. The van der Waals surface area contributed by atoms with Crippen LogP contribution in [-0.2, 0) is 20.8 Å². The number of aromatic nitrogens is 3. The van der Waals surface area contributed by atoms with Gasteiger partial charge in [-0.05, 0) is 57.5 Å². The molecule has 0 bridgehead atoms. The molecule has 0 spiro atoms. The Labute approximate surface area is 219 Å². The van der Waals surface area contributed by atoms with Gasteiger partial charge in [0.1, 0.15) is 5.75 Å². The number of methoxy groups -OCH3 is 2. The number of nitrogens with zero attached hydrogens (tertiary/aromatic N) is 3. The van der Waals surface area contributed by atoms with Gasteiger partial charge in [-0.2, -0.15) is 0 Å². The Morgan fingerprint density at radius 3 is 2.41 bits per heavy atom. The lowest BCUT2D eigenvalue weighted by atomic mass is 10.1. The van der Waals surface area contributed by atoms with Crippen molar-refractivity contribution in [2.75, 3.05) is 25.3 Å². The molecule has 0 radical (unpaired) electrons. The molecule has 0 saturated heterocycles. The number of thioether (sulfide) groups is 1. The minimum Gasteiger partial charge on any atom is -0.482 e. The van der Waals surface area contributed by atoms with Gasteiger partial charge in [0, 0.05) is 6.54 Å². The quantitative estimate of drug-likeness (QED) is 0.303. The average Bonchev–Trinajstić information content (AvgIpc) is 3.31. The zero-order chi connectivity index (χ0) is 27.1. The number of esters is 2. The van der Waals surface area contributed by atoms with Crippen LogP contribution in [0.5, 0.6) is 5.75 Å². The molecule has 0 aliphatic carbocycles. The second-order valence-electron chi connectivity index (χ2n) is 8.19. The van der Waals surface area contributed by atoms with Gasteiger partial charge in [0.25, 0.3) is 0 Å². The topological polar surface area (TPSA) is 122 Å². The first-order chi connectivity index (χ1) is 17.7. The number of carbonyl (C=O) groups is 3. The zero-order valence-corrected chi connectivity index (χ0v) is 22.5. The fourth-order valence-corrected chi connectivity index (χ4v) is 4.49. The van der Waals surface area contributed by atoms with Crippen LogP contribution in [0.1, 0.15) is 57.6 Å². The average molecular weight is 527 g/mol. The Bertz CT molecular complexity index is 1310. The van der Waals surface area contributed by atoms with Gasteiger partial charge in [-0.25, -0.2) is 9.59 Å². The first-order valence-corrected chi connectivity index (χ1v) is 12.6. The number of nitrogens with one attached hydrogen (secondary N) is 1. The third-order valence-electron chi connectivity index (χ3n) is 5.51. The number of amides is 1. The van der Waals surface area contributed by atoms with E-state index < -0.39 is 17.8 Å². The number of aryl methyl sites for hydroxylation is 2. The summed E-state index contributed by atoms with van der Waals surface area (Å²) in [6, 6.07) is 10.2. The lowest BCUT2D eigenvalue weighted by Crippen LogP contribution is -2.18. The van der Waals surface area contributed by atoms with Crippen molar-refractivity contribution in [3.63, 3.8) is 0 Å². The molecule has 1 unspecified atom stereocenters. The van der Waals surface area contributed by atoms with Crippen molar-refractivity contribution in [1.29, 1.82) is 0 Å². The SMILES string of the molecule is CCn1c(SCC(=O)Nc2cc(C(=O)OC)ccc2C(=O)OC)nnc1C(C)Oc1ccc(C)cc1C. The standard InChI is InChI=1S/C26H30N4O6S/c1-7-30-23(17(4)36-21-11-8-15(2)12-16(21)3)28-29-26(30)37-14-22(31)27-20-13-18(24(32)34-5)9-10-19(20)25(33)35-6/h8-13,17H,7,14H2,1-6H3,(H,27,31). The maximum Gasteiger partial charge on any atom is 0.339 e. The highest BCUT2D eigenvalue weighted by atomic mass is 32.2. The van der Waals surface area contributed by atoms with E-state index in [4.69, 9.17) is 14.2 Å². The molecule has 1 amide bonds. The first-order valence-electron chi connectivity index (χ1n) is 11.6. The normalized spacial score (nSPS) is 11.5. The Hall–Kier alpha value is -3.86. The summed E-state index contributed by atoms with van der Waals surface area (Å²) in [4.78, 5) is 36.8. The smallest absolute Gasteiger partial charge is 0.339 e. The number of rotatable bonds is 10. The number of hydrogen-bond donors (Lipinski definition) is 1. The maximum absolute atomic E-state index is 12.8. The largest absolute Gasteiger partial charge is 0.482 e. The predicted molar refractivity (Wildman–Crippen MR) is 139 cm³/mol. The van der Waals surface area contributed by atoms with Gasteiger partial charge in [0.05, 0.1) is 36.8 Å². The van der Waals surface area contributed by atoms with Gasteiger partial charge in [-0.1, -0.05) is 29.5 Å². The molecule has 11 heteroatoms. The molecule has 3 aromatic rings. The van der Waals surface area contributed by atoms with Crippen LogP contribution in [0, 0.1) is 13.8 Å². The molecular formula is C26H30N4O6S. The fraction of sp³-hybridized carbons (Fsp3) is 0.346. The molecule has 0 fully saturated rings. The number of anilines is 1. The molecule has 196 valence electrons. The minimum atomic E-state index is -0.646. The first kappa shape index (κ1) is 27.7. The molecule has 3 rings (SSSR count). The molecule has 0 aliphatic heterocycles. The van der Waals surface area contributed by atoms with E-state index in [1.54, 1.807) is 0 Å². The van der Waals surface area contributed by atoms with Crippen molar-refractivity contribution in [1.82, 2.24) is 14.8 Å². The van der Waals surface area contributed by atoms with E-state index in [0.717, 1.165) is 16.9 Å². The Morgan fingerprint density at radius 2 is 1.76 bits per heavy atom. The molecular weight excluding hydrogens is 496 g/mol. The lowest BCUT2D eigenvalue weighted by molar-refractivity contribution is -0.113. The molecule has 1 heterocycles. The number of carbonyl (C=O) groups excluding carboxylic acids is 3. The number of benzene rings is 2. The van der Waals surface area contributed by atoms with Crippen LogP contribution in [0.25, 0.3) is 0 Å². The third-order valence-corrected chi connectivity index (χ3v) is 6.48. The molecule has 1 atom stereocenters. The number of ether oxygens (including phenoxy) is 3. The van der Waals surface area contributed by atoms with Gasteiger partial charge in [0.15, 0.2) is 17.1 Å². The van der Waals surface area contributed by atoms with Gasteiger partial charge < -0.3 is 24.1 Å². The molecule has 2 aromatic carbocycles. The second kappa shape index (κ2) is 12.4. The van der Waals surface area contributed by atoms with Crippen molar-refractivity contribution >= 4 is 35.3 Å². The van der Waals surface area contributed by atoms with Crippen LogP contribution in [0.2, 0.25) is 0 Å². The van der Waals surface area contributed by atoms with Crippen LogP contribution in [0.15, 0.2) is 41.6 Å². The van der Waals surface area contributed by atoms with Gasteiger partial charge in [0.2, 0.25) is 5.91 Å². The fourth-order valence-electron chi connectivity index (χ4n) is 3.68.